The van der Waals surface area contributed by atoms with Crippen LogP contribution in [0.15, 0.2) is 66.7 Å². The Morgan fingerprint density at radius 1 is 1.25 bits per heavy atom. The van der Waals surface area contributed by atoms with E-state index in [0.717, 1.165) is 28.0 Å². The fraction of sp³-hybridized carbons (Fsp3) is 0.143. The molecule has 28 heavy (non-hydrogen) atoms. The summed E-state index contributed by atoms with van der Waals surface area (Å²) in [5, 5.41) is 6.94. The van der Waals surface area contributed by atoms with E-state index in [9.17, 15) is 9.18 Å². The van der Waals surface area contributed by atoms with Crippen LogP contribution in [0.2, 0.25) is 0 Å². The van der Waals surface area contributed by atoms with Crippen molar-refractivity contribution in [3.8, 4) is 0 Å². The molecule has 0 atom stereocenters. The number of carbonyl (C=O) groups is 1. The van der Waals surface area contributed by atoms with E-state index in [1.807, 2.05) is 30.5 Å². The molecule has 0 bridgehead atoms. The monoisotopic (exact) mass is 375 g/mol. The summed E-state index contributed by atoms with van der Waals surface area (Å²) in [6, 6.07) is 5.73. The zero-order valence-electron chi connectivity index (χ0n) is 14.9. The molecule has 0 fully saturated rings. The third-order valence-corrected chi connectivity index (χ3v) is 4.92. The number of allylic oxidation sites excluding steroid dienone is 4. The highest BCUT2D eigenvalue weighted by Gasteiger charge is 2.20. The lowest BCUT2D eigenvalue weighted by Gasteiger charge is -2.12. The number of rotatable bonds is 3. The first-order valence-electron chi connectivity index (χ1n) is 9.04. The zero-order valence-corrected chi connectivity index (χ0v) is 14.9. The number of pyridine rings is 2. The van der Waals surface area contributed by atoms with Gasteiger partial charge in [-0.25, -0.2) is 13.9 Å². The van der Waals surface area contributed by atoms with Gasteiger partial charge >= 0.3 is 0 Å². The molecule has 7 heteroatoms. The van der Waals surface area contributed by atoms with E-state index >= 15 is 0 Å². The van der Waals surface area contributed by atoms with Crippen molar-refractivity contribution in [2.24, 2.45) is 0 Å². The van der Waals surface area contributed by atoms with Crippen LogP contribution in [0.3, 0.4) is 0 Å². The Morgan fingerprint density at radius 2 is 2.18 bits per heavy atom. The second-order valence-corrected chi connectivity index (χ2v) is 6.76. The van der Waals surface area contributed by atoms with Gasteiger partial charge in [0.2, 0.25) is 0 Å². The van der Waals surface area contributed by atoms with Gasteiger partial charge < -0.3 is 5.32 Å². The fourth-order valence-electron chi connectivity index (χ4n) is 3.53. The summed E-state index contributed by atoms with van der Waals surface area (Å²) in [5.74, 6) is -0.524. The Bertz CT molecular complexity index is 1210. The van der Waals surface area contributed by atoms with Crippen LogP contribution in [0.5, 0.6) is 0 Å². The number of carbonyl (C=O) groups excluding carboxylic acids is 1. The molecule has 0 spiro atoms. The lowest BCUT2D eigenvalue weighted by molar-refractivity contribution is 0.0966. The Balaban J connectivity index is 0.00000205. The van der Waals surface area contributed by atoms with E-state index in [1.165, 1.54) is 12.4 Å². The summed E-state index contributed by atoms with van der Waals surface area (Å²) in [6.07, 6.45) is 11.9. The number of nitrogens with one attached hydrogen (secondary N) is 1. The smallest absolute Gasteiger partial charge is 0.257 e. The van der Waals surface area contributed by atoms with Crippen LogP contribution in [0, 0.1) is 0 Å². The lowest BCUT2D eigenvalue weighted by Crippen LogP contribution is -2.23. The molecule has 140 valence electrons. The molecule has 1 amide bonds. The Hall–Kier alpha value is -3.61. The first-order chi connectivity index (χ1) is 13.7. The van der Waals surface area contributed by atoms with Crippen molar-refractivity contribution in [1.29, 1.82) is 0 Å². The molecular formula is C21H18FN5O. The maximum Gasteiger partial charge on any atom is 0.257 e. The van der Waals surface area contributed by atoms with Crippen LogP contribution in [-0.4, -0.2) is 25.5 Å². The topological polar surface area (TPSA) is 72.2 Å². The molecule has 3 aromatic rings. The average molecular weight is 375 g/mol. The molecule has 0 aliphatic heterocycles. The summed E-state index contributed by atoms with van der Waals surface area (Å²) < 4.78 is 15.1. The number of hydrogen-bond donors (Lipinski definition) is 1. The van der Waals surface area contributed by atoms with Crippen molar-refractivity contribution in [2.75, 3.05) is 0 Å². The van der Waals surface area contributed by atoms with Crippen molar-refractivity contribution in [3.05, 3.63) is 89.1 Å². The minimum Gasteiger partial charge on any atom is -0.322 e. The molecule has 3 heterocycles. The van der Waals surface area contributed by atoms with Crippen molar-refractivity contribution in [1.82, 2.24) is 24.9 Å². The van der Waals surface area contributed by atoms with Crippen molar-refractivity contribution < 1.29 is 10.6 Å². The molecular weight excluding hydrogens is 357 g/mol. The third kappa shape index (κ3) is 2.90. The second kappa shape index (κ2) is 6.53. The molecule has 5 rings (SSSR count). The minimum absolute atomic E-state index is 0. The standard InChI is InChI=1S/C21H16FN5O.H2/c22-15-2-1-3-16(9-15)26-21(28)14-8-18-17(5-6-19(18)23-10-14)13-4-7-20-24-12-25-27(20)11-13;/h3-5,7-12H,1-2,6H2,(H,26,28);1H. The lowest BCUT2D eigenvalue weighted by atomic mass is 10.0. The van der Waals surface area contributed by atoms with Crippen LogP contribution < -0.4 is 5.32 Å². The normalized spacial score (nSPS) is 15.7. The summed E-state index contributed by atoms with van der Waals surface area (Å²) in [5.41, 5.74) is 5.54. The maximum absolute atomic E-state index is 13.4. The second-order valence-electron chi connectivity index (χ2n) is 6.76. The summed E-state index contributed by atoms with van der Waals surface area (Å²) in [6.45, 7) is 0. The van der Waals surface area contributed by atoms with Gasteiger partial charge in [0.25, 0.3) is 5.91 Å². The molecule has 3 aromatic heterocycles. The average Bonchev–Trinajstić information content (AvgIpc) is 3.33. The molecule has 0 unspecified atom stereocenters. The highest BCUT2D eigenvalue weighted by Crippen LogP contribution is 2.32. The number of fused-ring (bicyclic) bond motifs is 2. The van der Waals surface area contributed by atoms with Crippen LogP contribution in [0.1, 0.15) is 41.4 Å². The summed E-state index contributed by atoms with van der Waals surface area (Å²) >= 11 is 0. The minimum atomic E-state index is -0.300. The van der Waals surface area contributed by atoms with Gasteiger partial charge in [-0.05, 0) is 36.3 Å². The van der Waals surface area contributed by atoms with Crippen LogP contribution in [0.25, 0.3) is 11.2 Å². The molecule has 0 saturated heterocycles. The van der Waals surface area contributed by atoms with Gasteiger partial charge in [0.05, 0.1) is 11.3 Å². The third-order valence-electron chi connectivity index (χ3n) is 4.92. The number of halogens is 1. The van der Waals surface area contributed by atoms with Crippen LogP contribution >= 0.6 is 0 Å². The van der Waals surface area contributed by atoms with Crippen molar-refractivity contribution in [3.63, 3.8) is 0 Å². The Morgan fingerprint density at radius 3 is 3.07 bits per heavy atom. The SMILES string of the molecule is O=C(NC1=CCCC(F)=C1)c1cnc2c(c1)C(c1ccc3ncnn3c1)=CC2.[HH]. The largest absolute Gasteiger partial charge is 0.322 e. The molecule has 2 aliphatic carbocycles. The first kappa shape index (κ1) is 16.6. The number of nitrogens with zero attached hydrogens (tertiary/aromatic N) is 4. The zero-order chi connectivity index (χ0) is 19.1. The van der Waals surface area contributed by atoms with E-state index in [-0.39, 0.29) is 13.2 Å². The quantitative estimate of drug-likeness (QED) is 0.759. The van der Waals surface area contributed by atoms with Crippen LogP contribution in [-0.2, 0) is 6.42 Å². The van der Waals surface area contributed by atoms with E-state index < -0.39 is 0 Å². The maximum atomic E-state index is 13.4. The molecule has 6 nitrogen and oxygen atoms in total. The Kier molecular flexibility index (Phi) is 3.86. The molecule has 2 aliphatic rings. The number of amides is 1. The molecule has 0 radical (unpaired) electrons. The Labute approximate surface area is 161 Å². The van der Waals surface area contributed by atoms with Gasteiger partial charge in [0.1, 0.15) is 12.2 Å². The van der Waals surface area contributed by atoms with Crippen molar-refractivity contribution >= 4 is 17.1 Å². The van der Waals surface area contributed by atoms with Gasteiger partial charge in [0.15, 0.2) is 5.65 Å². The van der Waals surface area contributed by atoms with E-state index in [2.05, 4.69) is 26.5 Å². The molecule has 0 aromatic carbocycles. The number of hydrogen-bond acceptors (Lipinski definition) is 4. The fourth-order valence-corrected chi connectivity index (χ4v) is 3.53. The highest BCUT2D eigenvalue weighted by molar-refractivity contribution is 5.97. The van der Waals surface area contributed by atoms with E-state index in [1.54, 1.807) is 10.7 Å². The van der Waals surface area contributed by atoms with Gasteiger partial charge in [-0.15, -0.1) is 0 Å². The van der Waals surface area contributed by atoms with Gasteiger partial charge in [-0.2, -0.15) is 5.10 Å². The van der Waals surface area contributed by atoms with Gasteiger partial charge in [0, 0.05) is 43.5 Å². The van der Waals surface area contributed by atoms with E-state index in [4.69, 9.17) is 0 Å². The number of aromatic nitrogens is 4. The van der Waals surface area contributed by atoms with Crippen molar-refractivity contribution in [2.45, 2.75) is 19.3 Å². The van der Waals surface area contributed by atoms with Gasteiger partial charge in [-0.3, -0.25) is 9.78 Å². The predicted octanol–water partition coefficient (Wildman–Crippen LogP) is 3.62. The molecule has 0 saturated carbocycles. The summed E-state index contributed by atoms with van der Waals surface area (Å²) in [4.78, 5) is 21.2. The highest BCUT2D eigenvalue weighted by atomic mass is 19.1. The first-order valence-corrected chi connectivity index (χ1v) is 9.04. The van der Waals surface area contributed by atoms with E-state index in [0.29, 0.717) is 30.5 Å². The van der Waals surface area contributed by atoms with Gasteiger partial charge in [-0.1, -0.05) is 12.2 Å². The van der Waals surface area contributed by atoms with Crippen LogP contribution in [0.4, 0.5) is 4.39 Å². The molecule has 1 N–H and O–H groups in total. The predicted molar refractivity (Wildman–Crippen MR) is 104 cm³/mol. The summed E-state index contributed by atoms with van der Waals surface area (Å²) in [7, 11) is 0.